The van der Waals surface area contributed by atoms with Gasteiger partial charge in [-0.25, -0.2) is 4.68 Å². The van der Waals surface area contributed by atoms with E-state index in [2.05, 4.69) is 31.1 Å². The van der Waals surface area contributed by atoms with Crippen LogP contribution < -0.4 is 0 Å². The third-order valence-corrected chi connectivity index (χ3v) is 3.67. The second kappa shape index (κ2) is 5.37. The van der Waals surface area contributed by atoms with Crippen LogP contribution in [0.2, 0.25) is 0 Å². The second-order valence-electron chi connectivity index (χ2n) is 5.13. The van der Waals surface area contributed by atoms with Crippen molar-refractivity contribution in [2.75, 3.05) is 0 Å². The lowest BCUT2D eigenvalue weighted by Crippen LogP contribution is -1.94. The first-order valence-corrected chi connectivity index (χ1v) is 6.87. The lowest BCUT2D eigenvalue weighted by molar-refractivity contribution is 0.112. The van der Waals surface area contributed by atoms with Crippen molar-refractivity contribution < 1.29 is 4.79 Å². The number of hydrogen-bond acceptors (Lipinski definition) is 2. The summed E-state index contributed by atoms with van der Waals surface area (Å²) in [5.41, 5.74) is 5.65. The Bertz CT molecular complexity index is 788. The van der Waals surface area contributed by atoms with Crippen LogP contribution in [0.15, 0.2) is 54.7 Å². The molecule has 2 aromatic carbocycles. The van der Waals surface area contributed by atoms with E-state index in [9.17, 15) is 4.79 Å². The van der Waals surface area contributed by atoms with Crippen molar-refractivity contribution in [3.05, 3.63) is 71.4 Å². The van der Waals surface area contributed by atoms with Crippen LogP contribution in [0.3, 0.4) is 0 Å². The largest absolute Gasteiger partial charge is 0.298 e. The highest BCUT2D eigenvalue weighted by molar-refractivity contribution is 5.85. The van der Waals surface area contributed by atoms with E-state index in [1.165, 1.54) is 11.1 Å². The van der Waals surface area contributed by atoms with E-state index >= 15 is 0 Å². The number of aldehydes is 1. The molecule has 1 aromatic heterocycles. The summed E-state index contributed by atoms with van der Waals surface area (Å²) in [6.07, 6.45) is 2.63. The Morgan fingerprint density at radius 1 is 1.00 bits per heavy atom. The first-order valence-electron chi connectivity index (χ1n) is 6.87. The summed E-state index contributed by atoms with van der Waals surface area (Å²) in [4.78, 5) is 11.3. The highest BCUT2D eigenvalue weighted by Crippen LogP contribution is 2.24. The molecule has 0 N–H and O–H groups in total. The quantitative estimate of drug-likeness (QED) is 0.678. The third-order valence-electron chi connectivity index (χ3n) is 3.67. The Morgan fingerprint density at radius 2 is 1.76 bits per heavy atom. The van der Waals surface area contributed by atoms with Crippen molar-refractivity contribution in [3.8, 4) is 16.9 Å². The maximum atomic E-state index is 11.3. The van der Waals surface area contributed by atoms with Crippen LogP contribution in [0.5, 0.6) is 0 Å². The Labute approximate surface area is 123 Å². The SMILES string of the molecule is Cc1ccc(-c2nn(-c3ccccc3)cc2C=O)cc1C. The van der Waals surface area contributed by atoms with Crippen molar-refractivity contribution in [2.24, 2.45) is 0 Å². The van der Waals surface area contributed by atoms with Gasteiger partial charge in [-0.2, -0.15) is 5.10 Å². The molecule has 0 aliphatic rings. The van der Waals surface area contributed by atoms with Crippen LogP contribution in [0.4, 0.5) is 0 Å². The van der Waals surface area contributed by atoms with Gasteiger partial charge in [-0.05, 0) is 43.2 Å². The molecule has 1 heterocycles. The van der Waals surface area contributed by atoms with Gasteiger partial charge < -0.3 is 0 Å². The average Bonchev–Trinajstić information content (AvgIpc) is 2.95. The Hall–Kier alpha value is -2.68. The Kier molecular flexibility index (Phi) is 3.40. The van der Waals surface area contributed by atoms with Crippen molar-refractivity contribution in [1.82, 2.24) is 9.78 Å². The summed E-state index contributed by atoms with van der Waals surface area (Å²) in [5, 5.41) is 4.58. The van der Waals surface area contributed by atoms with Crippen LogP contribution in [0.1, 0.15) is 21.5 Å². The van der Waals surface area contributed by atoms with Crippen molar-refractivity contribution in [1.29, 1.82) is 0 Å². The summed E-state index contributed by atoms with van der Waals surface area (Å²) >= 11 is 0. The van der Waals surface area contributed by atoms with E-state index in [0.29, 0.717) is 5.56 Å². The lowest BCUT2D eigenvalue weighted by Gasteiger charge is -2.03. The smallest absolute Gasteiger partial charge is 0.153 e. The Balaban J connectivity index is 2.12. The Morgan fingerprint density at radius 3 is 2.43 bits per heavy atom. The van der Waals surface area contributed by atoms with Gasteiger partial charge in [0.15, 0.2) is 6.29 Å². The maximum absolute atomic E-state index is 11.3. The number of para-hydroxylation sites is 1. The molecule has 0 saturated heterocycles. The zero-order valence-electron chi connectivity index (χ0n) is 12.1. The predicted octanol–water partition coefficient (Wildman–Crippen LogP) is 3.97. The van der Waals surface area contributed by atoms with Crippen LogP contribution >= 0.6 is 0 Å². The standard InChI is InChI=1S/C18H16N2O/c1-13-8-9-15(10-14(13)2)18-16(12-21)11-20(19-18)17-6-4-3-5-7-17/h3-12H,1-2H3. The molecule has 104 valence electrons. The zero-order chi connectivity index (χ0) is 14.8. The van der Waals surface area contributed by atoms with Crippen LogP contribution in [0.25, 0.3) is 16.9 Å². The molecule has 3 rings (SSSR count). The number of rotatable bonds is 3. The van der Waals surface area contributed by atoms with Crippen LogP contribution in [0, 0.1) is 13.8 Å². The molecule has 0 bridgehead atoms. The van der Waals surface area contributed by atoms with Crippen molar-refractivity contribution in [2.45, 2.75) is 13.8 Å². The van der Waals surface area contributed by atoms with Gasteiger partial charge in [0.05, 0.1) is 11.3 Å². The highest BCUT2D eigenvalue weighted by Gasteiger charge is 2.12. The van der Waals surface area contributed by atoms with E-state index in [0.717, 1.165) is 23.2 Å². The van der Waals surface area contributed by atoms with E-state index in [4.69, 9.17) is 0 Å². The molecule has 0 amide bonds. The summed E-state index contributed by atoms with van der Waals surface area (Å²) in [6.45, 7) is 4.13. The topological polar surface area (TPSA) is 34.9 Å². The highest BCUT2D eigenvalue weighted by atomic mass is 16.1. The summed E-state index contributed by atoms with van der Waals surface area (Å²) in [5.74, 6) is 0. The number of aryl methyl sites for hydroxylation is 2. The van der Waals surface area contributed by atoms with E-state index in [1.54, 1.807) is 10.9 Å². The predicted molar refractivity (Wildman–Crippen MR) is 83.9 cm³/mol. The number of carbonyl (C=O) groups excluding carboxylic acids is 1. The van der Waals surface area contributed by atoms with E-state index < -0.39 is 0 Å². The first-order chi connectivity index (χ1) is 10.2. The van der Waals surface area contributed by atoms with Gasteiger partial charge in [-0.15, -0.1) is 0 Å². The van der Waals surface area contributed by atoms with Gasteiger partial charge in [-0.3, -0.25) is 4.79 Å². The molecule has 0 spiro atoms. The average molecular weight is 276 g/mol. The molecule has 3 heteroatoms. The minimum atomic E-state index is 0.599. The minimum absolute atomic E-state index is 0.599. The fourth-order valence-corrected chi connectivity index (χ4v) is 2.30. The molecule has 0 saturated carbocycles. The van der Waals surface area contributed by atoms with Crippen LogP contribution in [-0.2, 0) is 0 Å². The van der Waals surface area contributed by atoms with Gasteiger partial charge in [-0.1, -0.05) is 30.3 Å². The molecule has 0 radical (unpaired) electrons. The molecule has 0 unspecified atom stereocenters. The second-order valence-corrected chi connectivity index (χ2v) is 5.13. The molecular formula is C18H16N2O. The third kappa shape index (κ3) is 2.50. The molecule has 3 aromatic rings. The summed E-state index contributed by atoms with van der Waals surface area (Å²) in [7, 11) is 0. The van der Waals surface area contributed by atoms with Gasteiger partial charge >= 0.3 is 0 Å². The number of nitrogens with zero attached hydrogens (tertiary/aromatic N) is 2. The number of aromatic nitrogens is 2. The molecule has 0 atom stereocenters. The number of carbonyl (C=O) groups is 1. The van der Waals surface area contributed by atoms with Crippen molar-refractivity contribution >= 4 is 6.29 Å². The molecule has 0 fully saturated rings. The fraction of sp³-hybridized carbons (Fsp3) is 0.111. The van der Waals surface area contributed by atoms with E-state index in [-0.39, 0.29) is 0 Å². The normalized spacial score (nSPS) is 10.6. The molecular weight excluding hydrogens is 260 g/mol. The van der Waals surface area contributed by atoms with Crippen molar-refractivity contribution in [3.63, 3.8) is 0 Å². The van der Waals surface area contributed by atoms with Gasteiger partial charge in [0.25, 0.3) is 0 Å². The fourth-order valence-electron chi connectivity index (χ4n) is 2.30. The lowest BCUT2D eigenvalue weighted by atomic mass is 10.0. The monoisotopic (exact) mass is 276 g/mol. The van der Waals surface area contributed by atoms with Gasteiger partial charge in [0.2, 0.25) is 0 Å². The summed E-state index contributed by atoms with van der Waals surface area (Å²) < 4.78 is 1.74. The molecule has 3 nitrogen and oxygen atoms in total. The first kappa shape index (κ1) is 13.3. The van der Waals surface area contributed by atoms with Gasteiger partial charge in [0.1, 0.15) is 5.69 Å². The maximum Gasteiger partial charge on any atom is 0.153 e. The van der Waals surface area contributed by atoms with Gasteiger partial charge in [0, 0.05) is 11.8 Å². The molecule has 21 heavy (non-hydrogen) atoms. The van der Waals surface area contributed by atoms with E-state index in [1.807, 2.05) is 36.4 Å². The minimum Gasteiger partial charge on any atom is -0.298 e. The molecule has 0 aliphatic carbocycles. The number of hydrogen-bond donors (Lipinski definition) is 0. The molecule has 0 aliphatic heterocycles. The summed E-state index contributed by atoms with van der Waals surface area (Å²) in [6, 6.07) is 15.9. The van der Waals surface area contributed by atoms with Crippen LogP contribution in [-0.4, -0.2) is 16.1 Å². The zero-order valence-corrected chi connectivity index (χ0v) is 12.1. The number of benzene rings is 2.